The molecule has 4 rings (SSSR count). The molecule has 0 fully saturated rings. The second kappa shape index (κ2) is 9.32. The van der Waals surface area contributed by atoms with E-state index < -0.39 is 15.7 Å². The lowest BCUT2D eigenvalue weighted by atomic mass is 10.0. The normalized spacial score (nSPS) is 11.7. The number of anilines is 1. The van der Waals surface area contributed by atoms with Crippen molar-refractivity contribution in [2.75, 3.05) is 11.1 Å². The maximum atomic E-state index is 13.1. The second-order valence-electron chi connectivity index (χ2n) is 7.41. The van der Waals surface area contributed by atoms with Crippen LogP contribution < -0.4 is 5.32 Å². The van der Waals surface area contributed by atoms with E-state index in [1.807, 2.05) is 6.07 Å². The average Bonchev–Trinajstić information content (AvgIpc) is 2.83. The van der Waals surface area contributed by atoms with Gasteiger partial charge in [-0.1, -0.05) is 49.4 Å². The predicted octanol–water partition coefficient (Wildman–Crippen LogP) is 5.71. The zero-order valence-corrected chi connectivity index (χ0v) is 19.0. The Morgan fingerprint density at radius 1 is 0.882 bits per heavy atom. The molecular weight excluding hydrogens is 454 g/mol. The number of phenols is 2. The van der Waals surface area contributed by atoms with Crippen LogP contribution in [0.3, 0.4) is 0 Å². The molecule has 1 amide bonds. The van der Waals surface area contributed by atoms with Crippen LogP contribution in [0, 0.1) is 0 Å². The molecule has 0 aliphatic carbocycles. The van der Waals surface area contributed by atoms with E-state index >= 15 is 0 Å². The molecule has 172 valence electrons. The zero-order valence-electron chi connectivity index (χ0n) is 18.1. The molecule has 0 saturated carbocycles. The molecule has 0 bridgehead atoms. The van der Waals surface area contributed by atoms with Crippen LogP contribution in [0.2, 0.25) is 0 Å². The highest BCUT2D eigenvalue weighted by Crippen LogP contribution is 2.39. The first-order chi connectivity index (χ1) is 16.3. The summed E-state index contributed by atoms with van der Waals surface area (Å²) in [5, 5.41) is 33.0. The number of carbonyl (C=O) groups is 1. The van der Waals surface area contributed by atoms with E-state index in [1.165, 1.54) is 31.2 Å². The Bertz CT molecular complexity index is 1520. The minimum atomic E-state index is -3.53. The van der Waals surface area contributed by atoms with Gasteiger partial charge in [0.1, 0.15) is 28.4 Å². The van der Waals surface area contributed by atoms with Crippen molar-refractivity contribution in [3.63, 3.8) is 0 Å². The molecule has 0 spiro atoms. The maximum absolute atomic E-state index is 13.1. The highest BCUT2D eigenvalue weighted by atomic mass is 32.2. The van der Waals surface area contributed by atoms with Crippen molar-refractivity contribution in [2.45, 2.75) is 11.8 Å². The van der Waals surface area contributed by atoms with Crippen molar-refractivity contribution in [3.05, 3.63) is 84.4 Å². The third kappa shape index (κ3) is 4.60. The Morgan fingerprint density at radius 3 is 2.32 bits per heavy atom. The first kappa shape index (κ1) is 22.9. The van der Waals surface area contributed by atoms with Crippen molar-refractivity contribution in [2.24, 2.45) is 10.2 Å². The number of nitrogens with zero attached hydrogens (tertiary/aromatic N) is 2. The van der Waals surface area contributed by atoms with Gasteiger partial charge in [-0.05, 0) is 41.8 Å². The molecule has 0 unspecified atom stereocenters. The molecule has 4 aromatic carbocycles. The number of hydrogen-bond donors (Lipinski definition) is 3. The molecule has 0 aliphatic rings. The van der Waals surface area contributed by atoms with Gasteiger partial charge in [0, 0.05) is 11.1 Å². The van der Waals surface area contributed by atoms with Crippen molar-refractivity contribution in [1.82, 2.24) is 0 Å². The SMILES string of the molecule is CCS(=O)(=O)c1ccc(O)c(/N=N/c2c(C(=O)Nc3ccccc3)c(O)cc3ccccc23)c1. The summed E-state index contributed by atoms with van der Waals surface area (Å²) in [6.07, 6.45) is 0. The van der Waals surface area contributed by atoms with Gasteiger partial charge in [-0.15, -0.1) is 10.2 Å². The van der Waals surface area contributed by atoms with Crippen LogP contribution in [-0.2, 0) is 9.84 Å². The molecule has 3 N–H and O–H groups in total. The number of phenolic OH excluding ortho intramolecular Hbond substituents is 2. The molecule has 0 aliphatic heterocycles. The fourth-order valence-corrected chi connectivity index (χ4v) is 4.30. The molecule has 0 aromatic heterocycles. The topological polar surface area (TPSA) is 128 Å². The van der Waals surface area contributed by atoms with Crippen LogP contribution in [0.25, 0.3) is 10.8 Å². The molecule has 34 heavy (non-hydrogen) atoms. The molecular formula is C25H21N3O5S. The Morgan fingerprint density at radius 2 is 1.59 bits per heavy atom. The number of benzene rings is 4. The summed E-state index contributed by atoms with van der Waals surface area (Å²) in [5.74, 6) is -1.30. The lowest BCUT2D eigenvalue weighted by molar-refractivity contribution is 0.102. The van der Waals surface area contributed by atoms with E-state index in [9.17, 15) is 23.4 Å². The number of aromatic hydroxyl groups is 2. The van der Waals surface area contributed by atoms with Crippen LogP contribution in [-0.4, -0.2) is 30.3 Å². The van der Waals surface area contributed by atoms with E-state index in [0.717, 1.165) is 0 Å². The minimum absolute atomic E-state index is 0.00967. The molecule has 0 saturated heterocycles. The van der Waals surface area contributed by atoms with Gasteiger partial charge in [-0.3, -0.25) is 4.79 Å². The number of carbonyl (C=O) groups excluding carboxylic acids is 1. The lowest BCUT2D eigenvalue weighted by Crippen LogP contribution is -2.12. The van der Waals surface area contributed by atoms with Crippen molar-refractivity contribution in [3.8, 4) is 11.5 Å². The van der Waals surface area contributed by atoms with Crippen LogP contribution in [0.5, 0.6) is 11.5 Å². The summed E-state index contributed by atoms with van der Waals surface area (Å²) in [4.78, 5) is 13.1. The molecule has 0 atom stereocenters. The maximum Gasteiger partial charge on any atom is 0.261 e. The molecule has 8 nitrogen and oxygen atoms in total. The summed E-state index contributed by atoms with van der Waals surface area (Å²) < 4.78 is 24.5. The van der Waals surface area contributed by atoms with Gasteiger partial charge in [-0.25, -0.2) is 8.42 Å². The first-order valence-electron chi connectivity index (χ1n) is 10.4. The number of azo groups is 1. The largest absolute Gasteiger partial charge is 0.507 e. The second-order valence-corrected chi connectivity index (χ2v) is 9.69. The van der Waals surface area contributed by atoms with E-state index in [4.69, 9.17) is 0 Å². The van der Waals surface area contributed by atoms with E-state index in [2.05, 4.69) is 15.5 Å². The van der Waals surface area contributed by atoms with E-state index in [0.29, 0.717) is 16.5 Å². The van der Waals surface area contributed by atoms with Crippen molar-refractivity contribution < 1.29 is 23.4 Å². The van der Waals surface area contributed by atoms with E-state index in [1.54, 1.807) is 48.5 Å². The molecule has 0 radical (unpaired) electrons. The number of hydrogen-bond acceptors (Lipinski definition) is 7. The Labute approximate surface area is 196 Å². The van der Waals surface area contributed by atoms with Crippen LogP contribution >= 0.6 is 0 Å². The Kier molecular flexibility index (Phi) is 6.29. The molecule has 4 aromatic rings. The highest BCUT2D eigenvalue weighted by molar-refractivity contribution is 7.91. The Hall–Kier alpha value is -4.24. The van der Waals surface area contributed by atoms with Gasteiger partial charge in [0.2, 0.25) is 0 Å². The predicted molar refractivity (Wildman–Crippen MR) is 130 cm³/mol. The standard InChI is InChI=1S/C25H21N3O5S/c1-2-34(32,33)18-12-13-21(29)20(15-18)27-28-24-19-11-7-6-8-16(19)14-22(30)23(24)25(31)26-17-9-4-3-5-10-17/h3-15,29-30H,2H2,1H3,(H,26,31)/b28-27+. The average molecular weight is 476 g/mol. The number of nitrogens with one attached hydrogen (secondary N) is 1. The van der Waals surface area contributed by atoms with Crippen molar-refractivity contribution >= 4 is 43.6 Å². The van der Waals surface area contributed by atoms with Gasteiger partial charge < -0.3 is 15.5 Å². The van der Waals surface area contributed by atoms with Crippen molar-refractivity contribution in [1.29, 1.82) is 0 Å². The quantitative estimate of drug-likeness (QED) is 0.308. The van der Waals surface area contributed by atoms with E-state index in [-0.39, 0.29) is 39.1 Å². The van der Waals surface area contributed by atoms with Crippen LogP contribution in [0.1, 0.15) is 17.3 Å². The smallest absolute Gasteiger partial charge is 0.261 e. The fraction of sp³-hybridized carbons (Fsp3) is 0.0800. The summed E-state index contributed by atoms with van der Waals surface area (Å²) in [7, 11) is -3.53. The lowest BCUT2D eigenvalue weighted by Gasteiger charge is -2.12. The van der Waals surface area contributed by atoms with Gasteiger partial charge in [0.15, 0.2) is 9.84 Å². The summed E-state index contributed by atoms with van der Waals surface area (Å²) >= 11 is 0. The molecule has 0 heterocycles. The van der Waals surface area contributed by atoms with Gasteiger partial charge in [0.25, 0.3) is 5.91 Å². The minimum Gasteiger partial charge on any atom is -0.507 e. The zero-order chi connectivity index (χ0) is 24.3. The Balaban J connectivity index is 1.85. The summed E-state index contributed by atoms with van der Waals surface area (Å²) in [5.41, 5.74) is 0.407. The highest BCUT2D eigenvalue weighted by Gasteiger charge is 2.21. The third-order valence-electron chi connectivity index (χ3n) is 5.20. The van der Waals surface area contributed by atoms with Gasteiger partial charge >= 0.3 is 0 Å². The number of sulfone groups is 1. The van der Waals surface area contributed by atoms with Crippen LogP contribution in [0.15, 0.2) is 94.0 Å². The first-order valence-corrected chi connectivity index (χ1v) is 12.0. The van der Waals surface area contributed by atoms with Gasteiger partial charge in [0.05, 0.1) is 10.6 Å². The number of fused-ring (bicyclic) bond motifs is 1. The monoisotopic (exact) mass is 475 g/mol. The van der Waals surface area contributed by atoms with Crippen LogP contribution in [0.4, 0.5) is 17.1 Å². The summed E-state index contributed by atoms with van der Waals surface area (Å²) in [6, 6.07) is 20.9. The number of rotatable bonds is 6. The number of amides is 1. The fourth-order valence-electron chi connectivity index (χ4n) is 3.40. The number of para-hydroxylation sites is 1. The van der Waals surface area contributed by atoms with Gasteiger partial charge in [-0.2, -0.15) is 0 Å². The summed E-state index contributed by atoms with van der Waals surface area (Å²) in [6.45, 7) is 1.51. The third-order valence-corrected chi connectivity index (χ3v) is 6.94. The molecule has 9 heteroatoms.